The van der Waals surface area contributed by atoms with Crippen molar-refractivity contribution in [3.05, 3.63) is 47.5 Å². The fraction of sp³-hybridized carbons (Fsp3) is 0.381. The highest BCUT2D eigenvalue weighted by Crippen LogP contribution is 2.31. The van der Waals surface area contributed by atoms with Crippen LogP contribution in [0.4, 0.5) is 5.82 Å². The molecule has 9 heteroatoms. The molecule has 1 fully saturated rings. The SMILES string of the molecule is Cc1ccc(CCC#Cc2nc(N)c3ncn([C@@H]4O[C@H](CO)[C@@H](O)[C@H]4O)c3n2)cc1. The number of benzene rings is 1. The van der Waals surface area contributed by atoms with E-state index in [9.17, 15) is 15.3 Å². The van der Waals surface area contributed by atoms with Crippen molar-refractivity contribution in [3.8, 4) is 11.8 Å². The number of aryl methyl sites for hydroxylation is 2. The van der Waals surface area contributed by atoms with Gasteiger partial charge >= 0.3 is 0 Å². The van der Waals surface area contributed by atoms with Crippen molar-refractivity contribution in [1.29, 1.82) is 0 Å². The van der Waals surface area contributed by atoms with Gasteiger partial charge in [-0.1, -0.05) is 35.7 Å². The van der Waals surface area contributed by atoms with Gasteiger partial charge in [0, 0.05) is 6.42 Å². The Morgan fingerprint density at radius 1 is 1.17 bits per heavy atom. The number of nitrogens with two attached hydrogens (primary N) is 1. The van der Waals surface area contributed by atoms with Crippen LogP contribution in [0.15, 0.2) is 30.6 Å². The Balaban J connectivity index is 1.56. The second-order valence-corrected chi connectivity index (χ2v) is 7.27. The zero-order chi connectivity index (χ0) is 21.3. The number of nitrogen functional groups attached to an aromatic ring is 1. The Morgan fingerprint density at radius 2 is 1.93 bits per heavy atom. The Hall–Kier alpha value is -3.03. The summed E-state index contributed by atoms with van der Waals surface area (Å²) >= 11 is 0. The van der Waals surface area contributed by atoms with Gasteiger partial charge in [-0.2, -0.15) is 0 Å². The lowest BCUT2D eigenvalue weighted by molar-refractivity contribution is -0.0511. The smallest absolute Gasteiger partial charge is 0.208 e. The van der Waals surface area contributed by atoms with E-state index in [4.69, 9.17) is 10.5 Å². The van der Waals surface area contributed by atoms with E-state index >= 15 is 0 Å². The van der Waals surface area contributed by atoms with E-state index in [1.165, 1.54) is 22.0 Å². The maximum Gasteiger partial charge on any atom is 0.208 e. The summed E-state index contributed by atoms with van der Waals surface area (Å²) in [7, 11) is 0. The molecule has 156 valence electrons. The maximum atomic E-state index is 10.3. The van der Waals surface area contributed by atoms with Gasteiger partial charge in [0.1, 0.15) is 23.8 Å². The zero-order valence-electron chi connectivity index (χ0n) is 16.4. The summed E-state index contributed by atoms with van der Waals surface area (Å²) in [5, 5.41) is 29.6. The first-order chi connectivity index (χ1) is 14.5. The summed E-state index contributed by atoms with van der Waals surface area (Å²) in [4.78, 5) is 12.8. The average Bonchev–Trinajstić information content (AvgIpc) is 3.28. The van der Waals surface area contributed by atoms with Crippen molar-refractivity contribution in [1.82, 2.24) is 19.5 Å². The van der Waals surface area contributed by atoms with Gasteiger partial charge in [-0.25, -0.2) is 15.0 Å². The van der Waals surface area contributed by atoms with Gasteiger partial charge in [0.2, 0.25) is 5.82 Å². The minimum Gasteiger partial charge on any atom is -0.394 e. The third kappa shape index (κ3) is 3.86. The first-order valence-electron chi connectivity index (χ1n) is 9.65. The molecular weight excluding hydrogens is 386 g/mol. The topological polar surface area (TPSA) is 140 Å². The van der Waals surface area contributed by atoms with Crippen molar-refractivity contribution >= 4 is 17.0 Å². The third-order valence-electron chi connectivity index (χ3n) is 5.10. The monoisotopic (exact) mass is 409 g/mol. The van der Waals surface area contributed by atoms with Gasteiger partial charge in [-0.15, -0.1) is 0 Å². The first kappa shape index (κ1) is 20.3. The van der Waals surface area contributed by atoms with Crippen molar-refractivity contribution in [3.63, 3.8) is 0 Å². The van der Waals surface area contributed by atoms with Crippen LogP contribution in [0.3, 0.4) is 0 Å². The number of nitrogens with zero attached hydrogens (tertiary/aromatic N) is 4. The summed E-state index contributed by atoms with van der Waals surface area (Å²) in [5.74, 6) is 6.37. The number of aliphatic hydroxyl groups is 3. The normalized spacial score (nSPS) is 23.5. The molecule has 1 aromatic carbocycles. The van der Waals surface area contributed by atoms with Crippen LogP contribution in [-0.4, -0.2) is 59.8 Å². The third-order valence-corrected chi connectivity index (χ3v) is 5.10. The number of ether oxygens (including phenoxy) is 1. The van der Waals surface area contributed by atoms with Crippen LogP contribution >= 0.6 is 0 Å². The number of aliphatic hydroxyl groups excluding tert-OH is 3. The second-order valence-electron chi connectivity index (χ2n) is 7.27. The van der Waals surface area contributed by atoms with Gasteiger partial charge in [0.05, 0.1) is 12.9 Å². The van der Waals surface area contributed by atoms with Gasteiger partial charge < -0.3 is 25.8 Å². The Labute approximate surface area is 173 Å². The minimum absolute atomic E-state index is 0.160. The average molecular weight is 409 g/mol. The van der Waals surface area contributed by atoms with E-state index in [-0.39, 0.29) is 11.6 Å². The van der Waals surface area contributed by atoms with Crippen LogP contribution in [-0.2, 0) is 11.2 Å². The largest absolute Gasteiger partial charge is 0.394 e. The molecule has 1 aliphatic heterocycles. The molecule has 3 heterocycles. The molecule has 1 saturated heterocycles. The molecule has 2 aromatic heterocycles. The number of rotatable bonds is 4. The Bertz CT molecular complexity index is 1100. The molecule has 9 nitrogen and oxygen atoms in total. The number of anilines is 1. The number of aromatic nitrogens is 4. The second kappa shape index (κ2) is 8.38. The lowest BCUT2D eigenvalue weighted by Crippen LogP contribution is -2.33. The molecule has 1 aliphatic rings. The van der Waals surface area contributed by atoms with Crippen LogP contribution in [0.5, 0.6) is 0 Å². The summed E-state index contributed by atoms with van der Waals surface area (Å²) < 4.78 is 7.03. The molecule has 30 heavy (non-hydrogen) atoms. The van der Waals surface area contributed by atoms with Gasteiger partial charge in [-0.05, 0) is 24.8 Å². The molecule has 0 bridgehead atoms. The lowest BCUT2D eigenvalue weighted by atomic mass is 10.1. The molecule has 5 N–H and O–H groups in total. The van der Waals surface area contributed by atoms with Gasteiger partial charge in [0.15, 0.2) is 17.7 Å². The molecule has 0 saturated carbocycles. The number of hydrogen-bond donors (Lipinski definition) is 4. The highest BCUT2D eigenvalue weighted by Gasteiger charge is 2.44. The maximum absolute atomic E-state index is 10.3. The highest BCUT2D eigenvalue weighted by atomic mass is 16.6. The molecule has 0 unspecified atom stereocenters. The molecule has 0 aliphatic carbocycles. The molecule has 4 rings (SSSR count). The summed E-state index contributed by atoms with van der Waals surface area (Å²) in [6.45, 7) is 1.63. The van der Waals surface area contributed by atoms with Gasteiger partial charge in [-0.3, -0.25) is 4.57 Å². The van der Waals surface area contributed by atoms with Crippen molar-refractivity contribution < 1.29 is 20.1 Å². The first-order valence-corrected chi connectivity index (χ1v) is 9.65. The molecule has 4 atom stereocenters. The van der Waals surface area contributed by atoms with E-state index in [1.54, 1.807) is 0 Å². The highest BCUT2D eigenvalue weighted by molar-refractivity contribution is 5.82. The molecule has 3 aromatic rings. The fourth-order valence-corrected chi connectivity index (χ4v) is 3.39. The van der Waals surface area contributed by atoms with Crippen LogP contribution in [0, 0.1) is 18.8 Å². The lowest BCUT2D eigenvalue weighted by Gasteiger charge is -2.16. The minimum atomic E-state index is -1.25. The summed E-state index contributed by atoms with van der Waals surface area (Å²) in [6, 6.07) is 8.30. The zero-order valence-corrected chi connectivity index (χ0v) is 16.4. The van der Waals surface area contributed by atoms with Gasteiger partial charge in [0.25, 0.3) is 0 Å². The van der Waals surface area contributed by atoms with Crippen LogP contribution in [0.25, 0.3) is 11.2 Å². The molecule has 0 amide bonds. The number of imidazole rings is 1. The van der Waals surface area contributed by atoms with Crippen molar-refractivity contribution in [2.75, 3.05) is 12.3 Å². The summed E-state index contributed by atoms with van der Waals surface area (Å²) in [6.07, 6.45) is -1.48. The molecule has 0 radical (unpaired) electrons. The van der Waals surface area contributed by atoms with E-state index in [2.05, 4.69) is 51.1 Å². The molecular formula is C21H23N5O4. The Kier molecular flexibility index (Phi) is 5.65. The van der Waals surface area contributed by atoms with Crippen molar-refractivity contribution in [2.45, 2.75) is 44.3 Å². The Morgan fingerprint density at radius 3 is 2.63 bits per heavy atom. The predicted molar refractivity (Wildman–Crippen MR) is 109 cm³/mol. The van der Waals surface area contributed by atoms with E-state index < -0.39 is 31.1 Å². The number of fused-ring (bicyclic) bond motifs is 1. The van der Waals surface area contributed by atoms with Crippen LogP contribution in [0.1, 0.15) is 29.6 Å². The van der Waals surface area contributed by atoms with Crippen LogP contribution in [0.2, 0.25) is 0 Å². The fourth-order valence-electron chi connectivity index (χ4n) is 3.39. The standard InChI is InChI=1S/C21H23N5O4/c1-12-6-8-13(9-7-12)4-2-3-5-15-24-19(22)16-20(25-15)26(11-23-16)21-18(29)17(28)14(10-27)30-21/h6-9,11,14,17-18,21,27-29H,2,4,10H2,1H3,(H2,22,24,25)/t14-,17-,18-,21-/m1/s1. The predicted octanol–water partition coefficient (Wildman–Crippen LogP) is 0.313. The number of hydrogen-bond acceptors (Lipinski definition) is 8. The van der Waals surface area contributed by atoms with E-state index in [0.717, 1.165) is 6.42 Å². The van der Waals surface area contributed by atoms with E-state index in [1.807, 2.05) is 6.92 Å². The van der Waals surface area contributed by atoms with Crippen LogP contribution < -0.4 is 5.73 Å². The van der Waals surface area contributed by atoms with E-state index in [0.29, 0.717) is 17.6 Å². The molecule has 0 spiro atoms. The van der Waals surface area contributed by atoms with Crippen molar-refractivity contribution in [2.24, 2.45) is 0 Å². The summed E-state index contributed by atoms with van der Waals surface area (Å²) in [5.41, 5.74) is 9.10. The quantitative estimate of drug-likeness (QED) is 0.452.